The fourth-order valence-corrected chi connectivity index (χ4v) is 6.18. The van der Waals surface area contributed by atoms with Crippen LogP contribution in [0, 0.1) is 5.82 Å². The molecule has 0 aliphatic carbocycles. The fraction of sp³-hybridized carbons (Fsp3) is 0.538. The van der Waals surface area contributed by atoms with E-state index in [1.54, 1.807) is 25.1 Å². The van der Waals surface area contributed by atoms with Gasteiger partial charge in [-0.3, -0.25) is 4.90 Å². The average Bonchev–Trinajstić information content (AvgIpc) is 3.43. The number of aliphatic hydroxyl groups is 1. The van der Waals surface area contributed by atoms with Gasteiger partial charge in [0.25, 0.3) is 0 Å². The third-order valence-corrected chi connectivity index (χ3v) is 7.91. The molecule has 3 aliphatic heterocycles. The van der Waals surface area contributed by atoms with Gasteiger partial charge >= 0.3 is 5.69 Å². The molecule has 0 saturated carbocycles. The topological polar surface area (TPSA) is 122 Å². The maximum atomic E-state index is 14.8. The van der Waals surface area contributed by atoms with Crippen molar-refractivity contribution < 1.29 is 14.2 Å². The van der Waals surface area contributed by atoms with Gasteiger partial charge < -0.3 is 20.5 Å². The lowest BCUT2D eigenvalue weighted by Crippen LogP contribution is -2.55. The first-order valence-corrected chi connectivity index (χ1v) is 13.0. The Bertz CT molecular complexity index is 1450. The fourth-order valence-electron chi connectivity index (χ4n) is 6.18. The largest absolute Gasteiger partial charge is 0.488 e. The molecule has 2 fully saturated rings. The van der Waals surface area contributed by atoms with Crippen LogP contribution in [0.15, 0.2) is 29.2 Å². The van der Waals surface area contributed by atoms with Crippen molar-refractivity contribution in [2.75, 3.05) is 23.8 Å². The highest BCUT2D eigenvalue weighted by atomic mass is 19.1. The van der Waals surface area contributed by atoms with Crippen molar-refractivity contribution in [3.8, 4) is 11.4 Å². The van der Waals surface area contributed by atoms with Crippen LogP contribution in [0.4, 0.5) is 21.8 Å². The van der Waals surface area contributed by atoms with Gasteiger partial charge in [0.15, 0.2) is 23.1 Å². The lowest BCUT2D eigenvalue weighted by Gasteiger charge is -2.47. The lowest BCUT2D eigenvalue weighted by atomic mass is 9.84. The zero-order valence-electron chi connectivity index (χ0n) is 22.0. The molecule has 0 bridgehead atoms. The number of nitrogens with zero attached hydrogens (tertiary/aromatic N) is 6. The molecule has 5 heterocycles. The number of rotatable bonds is 4. The molecule has 0 amide bonds. The first kappa shape index (κ1) is 24.8. The number of benzene rings is 1. The number of hydrogen-bond donors (Lipinski definition) is 3. The van der Waals surface area contributed by atoms with Gasteiger partial charge in [-0.2, -0.15) is 10.1 Å². The molecule has 2 aromatic heterocycles. The highest BCUT2D eigenvalue weighted by Crippen LogP contribution is 2.39. The molecular weight excluding hydrogens is 491 g/mol. The SMILES string of the molecule is Cn1nc2n(c1=O)-c1cc(Nc3ncc(F)c(N[C@@H]4C[C@@H]5CCCN5C(C)(C)C4)n3)ccc1OCC2(C)O. The normalized spacial score (nSPS) is 26.1. The first-order chi connectivity index (χ1) is 18.0. The highest BCUT2D eigenvalue weighted by Gasteiger charge is 2.43. The molecule has 6 rings (SSSR count). The summed E-state index contributed by atoms with van der Waals surface area (Å²) in [5.74, 6) is 0.474. The molecule has 1 aromatic carbocycles. The Hall–Kier alpha value is -3.51. The standard InChI is InChI=1S/C26H33FN8O3/c1-25(2)12-16(10-17-6-5-9-34(17)25)29-21-18(27)13-28-23(31-21)30-15-7-8-20-19(11-15)35-22(26(3,37)14-38-20)32-33(4)24(35)36/h7-8,11,13,16-17,37H,5-6,9-10,12,14H2,1-4H3,(H2,28,29,30,31)/t16-,17+,26?/m1/s1. The van der Waals surface area contributed by atoms with E-state index in [2.05, 4.69) is 44.4 Å². The van der Waals surface area contributed by atoms with Crippen LogP contribution in [-0.2, 0) is 12.6 Å². The van der Waals surface area contributed by atoms with Gasteiger partial charge in [-0.25, -0.2) is 23.4 Å². The third kappa shape index (κ3) is 4.21. The number of aryl methyl sites for hydroxylation is 1. The summed E-state index contributed by atoms with van der Waals surface area (Å²) in [7, 11) is 1.53. The van der Waals surface area contributed by atoms with Gasteiger partial charge in [0.1, 0.15) is 12.4 Å². The molecule has 3 aromatic rings. The molecule has 3 aliphatic rings. The molecular formula is C26H33FN8O3. The molecule has 2 saturated heterocycles. The van der Waals surface area contributed by atoms with Crippen LogP contribution in [0.5, 0.6) is 5.75 Å². The molecule has 0 radical (unpaired) electrons. The van der Waals surface area contributed by atoms with E-state index in [-0.39, 0.29) is 35.8 Å². The Morgan fingerprint density at radius 1 is 1.26 bits per heavy atom. The molecule has 0 spiro atoms. The number of anilines is 3. The smallest absolute Gasteiger partial charge is 0.350 e. The Morgan fingerprint density at radius 3 is 2.89 bits per heavy atom. The van der Waals surface area contributed by atoms with E-state index in [0.29, 0.717) is 23.2 Å². The number of halogens is 1. The third-order valence-electron chi connectivity index (χ3n) is 7.91. The van der Waals surface area contributed by atoms with Gasteiger partial charge in [0.05, 0.1) is 11.9 Å². The van der Waals surface area contributed by atoms with Crippen LogP contribution >= 0.6 is 0 Å². The minimum absolute atomic E-state index is 0.0411. The zero-order valence-corrected chi connectivity index (χ0v) is 22.0. The number of ether oxygens (including phenoxy) is 1. The highest BCUT2D eigenvalue weighted by molar-refractivity contribution is 5.63. The minimum atomic E-state index is -1.46. The molecule has 3 atom stereocenters. The molecule has 1 unspecified atom stereocenters. The number of piperidine rings is 1. The van der Waals surface area contributed by atoms with Gasteiger partial charge in [-0.1, -0.05) is 0 Å². The van der Waals surface area contributed by atoms with Crippen LogP contribution in [0.25, 0.3) is 5.69 Å². The summed E-state index contributed by atoms with van der Waals surface area (Å²) in [6.07, 6.45) is 5.37. The van der Waals surface area contributed by atoms with Crippen molar-refractivity contribution in [1.29, 1.82) is 0 Å². The van der Waals surface area contributed by atoms with E-state index in [9.17, 15) is 14.3 Å². The van der Waals surface area contributed by atoms with Gasteiger partial charge in [0.2, 0.25) is 5.95 Å². The average molecular weight is 525 g/mol. The summed E-state index contributed by atoms with van der Waals surface area (Å²) in [5, 5.41) is 21.5. The maximum Gasteiger partial charge on any atom is 0.350 e. The zero-order chi connectivity index (χ0) is 26.8. The summed E-state index contributed by atoms with van der Waals surface area (Å²) >= 11 is 0. The summed E-state index contributed by atoms with van der Waals surface area (Å²) < 4.78 is 23.1. The molecule has 12 heteroatoms. The molecule has 38 heavy (non-hydrogen) atoms. The Kier molecular flexibility index (Phi) is 5.72. The minimum Gasteiger partial charge on any atom is -0.488 e. The predicted octanol–water partition coefficient (Wildman–Crippen LogP) is 2.66. The molecule has 202 valence electrons. The van der Waals surface area contributed by atoms with Gasteiger partial charge in [-0.05, 0) is 71.2 Å². The second-order valence-electron chi connectivity index (χ2n) is 11.4. The summed E-state index contributed by atoms with van der Waals surface area (Å²) in [6, 6.07) is 5.75. The number of hydrogen-bond acceptors (Lipinski definition) is 9. The Balaban J connectivity index is 1.27. The van der Waals surface area contributed by atoms with E-state index in [4.69, 9.17) is 4.74 Å². The van der Waals surface area contributed by atoms with Crippen LogP contribution in [0.3, 0.4) is 0 Å². The monoisotopic (exact) mass is 524 g/mol. The number of fused-ring (bicyclic) bond motifs is 4. The second kappa shape index (κ2) is 8.77. The van der Waals surface area contributed by atoms with E-state index >= 15 is 0 Å². The van der Waals surface area contributed by atoms with Crippen molar-refractivity contribution in [3.05, 3.63) is 46.5 Å². The van der Waals surface area contributed by atoms with Crippen LogP contribution in [-0.4, -0.2) is 65.1 Å². The second-order valence-corrected chi connectivity index (χ2v) is 11.4. The van der Waals surface area contributed by atoms with Crippen molar-refractivity contribution in [1.82, 2.24) is 29.2 Å². The molecule has 3 N–H and O–H groups in total. The maximum absolute atomic E-state index is 14.8. The van der Waals surface area contributed by atoms with Crippen molar-refractivity contribution >= 4 is 17.5 Å². The number of aromatic nitrogens is 5. The summed E-state index contributed by atoms with van der Waals surface area (Å²) in [6.45, 7) is 7.12. The summed E-state index contributed by atoms with van der Waals surface area (Å²) in [5.41, 5.74) is -0.846. The van der Waals surface area contributed by atoms with Crippen LogP contribution in [0.1, 0.15) is 52.3 Å². The van der Waals surface area contributed by atoms with E-state index in [0.717, 1.165) is 25.6 Å². The Labute approximate surface area is 219 Å². The summed E-state index contributed by atoms with van der Waals surface area (Å²) in [4.78, 5) is 24.0. The number of nitrogens with one attached hydrogen (secondary N) is 2. The van der Waals surface area contributed by atoms with E-state index < -0.39 is 17.1 Å². The quantitative estimate of drug-likeness (QED) is 0.473. The first-order valence-electron chi connectivity index (χ1n) is 13.0. The van der Waals surface area contributed by atoms with Crippen molar-refractivity contribution in [2.45, 2.75) is 69.7 Å². The van der Waals surface area contributed by atoms with E-state index in [1.807, 2.05) is 0 Å². The predicted molar refractivity (Wildman–Crippen MR) is 140 cm³/mol. The van der Waals surface area contributed by atoms with Crippen molar-refractivity contribution in [3.63, 3.8) is 0 Å². The van der Waals surface area contributed by atoms with Crippen LogP contribution < -0.4 is 21.1 Å². The lowest BCUT2D eigenvalue weighted by molar-refractivity contribution is 0.00200. The van der Waals surface area contributed by atoms with Gasteiger partial charge in [-0.15, -0.1) is 0 Å². The Morgan fingerprint density at radius 2 is 2.08 bits per heavy atom. The van der Waals surface area contributed by atoms with Crippen molar-refractivity contribution in [2.24, 2.45) is 7.05 Å². The molecule has 11 nitrogen and oxygen atoms in total. The van der Waals surface area contributed by atoms with Crippen LogP contribution in [0.2, 0.25) is 0 Å². The van der Waals surface area contributed by atoms with E-state index in [1.165, 1.54) is 29.1 Å². The van der Waals surface area contributed by atoms with Gasteiger partial charge in [0, 0.05) is 30.4 Å².